The molecule has 294 valence electrons. The molecule has 0 aliphatic carbocycles. The van der Waals surface area contributed by atoms with E-state index in [1.807, 2.05) is 0 Å². The zero-order chi connectivity index (χ0) is 41.4. The lowest BCUT2D eigenvalue weighted by atomic mass is 9.97. The lowest BCUT2D eigenvalue weighted by molar-refractivity contribution is 0.674. The second-order valence-electron chi connectivity index (χ2n) is 16.5. The first-order valence-electron chi connectivity index (χ1n) is 21.6. The van der Waals surface area contributed by atoms with Gasteiger partial charge in [-0.1, -0.05) is 170 Å². The summed E-state index contributed by atoms with van der Waals surface area (Å²) in [6.45, 7) is 0. The van der Waals surface area contributed by atoms with E-state index < -0.39 is 0 Å². The van der Waals surface area contributed by atoms with E-state index >= 15 is 0 Å². The zero-order valence-corrected chi connectivity index (χ0v) is 34.2. The van der Waals surface area contributed by atoms with Crippen molar-refractivity contribution in [2.45, 2.75) is 0 Å². The zero-order valence-electron chi connectivity index (χ0n) is 34.2. The minimum atomic E-state index is 0.888. The maximum Gasteiger partial charge on any atom is 0.143 e. The van der Waals surface area contributed by atoms with Crippen LogP contribution >= 0.6 is 0 Å². The van der Waals surface area contributed by atoms with Gasteiger partial charge in [-0.05, 0) is 98.7 Å². The quantitative estimate of drug-likeness (QED) is 0.156. The largest absolute Gasteiger partial charge is 0.455 e. The Morgan fingerprint density at radius 2 is 0.873 bits per heavy atom. The van der Waals surface area contributed by atoms with E-state index in [4.69, 9.17) is 4.42 Å². The molecule has 0 aliphatic rings. The van der Waals surface area contributed by atoms with Crippen LogP contribution in [0.2, 0.25) is 0 Å². The van der Waals surface area contributed by atoms with Crippen LogP contribution in [0.25, 0.3) is 104 Å². The highest BCUT2D eigenvalue weighted by atomic mass is 16.3. The molecule has 13 rings (SSSR count). The van der Waals surface area contributed by atoms with Gasteiger partial charge < -0.3 is 13.9 Å². The van der Waals surface area contributed by atoms with Crippen LogP contribution in [0.3, 0.4) is 0 Å². The maximum absolute atomic E-state index is 6.93. The summed E-state index contributed by atoms with van der Waals surface area (Å²) in [6.07, 6.45) is 0. The summed E-state index contributed by atoms with van der Waals surface area (Å²) in [7, 11) is 0. The third-order valence-electron chi connectivity index (χ3n) is 13.0. The molecule has 2 aromatic heterocycles. The standard InChI is InChI=1S/C60H38N2O/c1-3-17-47-40(13-1)27-28-42-31-35-46(38-55(42)47)61(56-24-8-7-21-51(56)52-22-12-23-53-54-36-32-41-14-2-4-18-48(41)59(54)63-60(52)53)44-33-29-39(30-34-44)43-15-11-16-45(37-43)62-57-25-9-5-19-49(57)50-20-6-10-26-58(50)62/h1-38H. The molecule has 0 amide bonds. The maximum atomic E-state index is 6.93. The molecule has 0 unspecified atom stereocenters. The smallest absolute Gasteiger partial charge is 0.143 e. The summed E-state index contributed by atoms with van der Waals surface area (Å²) in [5.74, 6) is 0. The molecule has 0 atom stereocenters. The van der Waals surface area contributed by atoms with Crippen molar-refractivity contribution in [3.8, 4) is 27.9 Å². The minimum absolute atomic E-state index is 0.888. The van der Waals surface area contributed by atoms with Gasteiger partial charge in [0.2, 0.25) is 0 Å². The molecule has 2 heterocycles. The molecule has 0 fully saturated rings. The predicted molar refractivity (Wildman–Crippen MR) is 266 cm³/mol. The van der Waals surface area contributed by atoms with Gasteiger partial charge in [0.1, 0.15) is 11.2 Å². The van der Waals surface area contributed by atoms with E-state index in [9.17, 15) is 0 Å². The number of para-hydroxylation sites is 4. The van der Waals surface area contributed by atoms with E-state index in [-0.39, 0.29) is 0 Å². The Morgan fingerprint density at radius 3 is 1.67 bits per heavy atom. The van der Waals surface area contributed by atoms with Crippen LogP contribution in [-0.4, -0.2) is 4.57 Å². The monoisotopic (exact) mass is 802 g/mol. The number of aromatic nitrogens is 1. The highest BCUT2D eigenvalue weighted by Gasteiger charge is 2.22. The average Bonchev–Trinajstić information content (AvgIpc) is 3.91. The Bertz CT molecular complexity index is 3870. The van der Waals surface area contributed by atoms with E-state index in [1.165, 1.54) is 48.7 Å². The van der Waals surface area contributed by atoms with Crippen molar-refractivity contribution in [2.75, 3.05) is 4.90 Å². The number of nitrogens with zero attached hydrogens (tertiary/aromatic N) is 2. The molecule has 0 saturated carbocycles. The van der Waals surface area contributed by atoms with Gasteiger partial charge in [-0.3, -0.25) is 0 Å². The molecule has 0 spiro atoms. The van der Waals surface area contributed by atoms with E-state index in [0.717, 1.165) is 72.3 Å². The fourth-order valence-corrected chi connectivity index (χ4v) is 10.0. The lowest BCUT2D eigenvalue weighted by Gasteiger charge is -2.28. The van der Waals surface area contributed by atoms with Crippen molar-refractivity contribution < 1.29 is 4.42 Å². The number of furan rings is 1. The van der Waals surface area contributed by atoms with Crippen molar-refractivity contribution in [2.24, 2.45) is 0 Å². The predicted octanol–water partition coefficient (Wildman–Crippen LogP) is 16.9. The van der Waals surface area contributed by atoms with Crippen molar-refractivity contribution in [3.05, 3.63) is 231 Å². The molecular formula is C60H38N2O. The number of rotatable bonds is 6. The summed E-state index contributed by atoms with van der Waals surface area (Å²) < 4.78 is 9.32. The van der Waals surface area contributed by atoms with Gasteiger partial charge in [-0.2, -0.15) is 0 Å². The Hall–Kier alpha value is -8.40. The Balaban J connectivity index is 0.983. The molecule has 0 aliphatic heterocycles. The van der Waals surface area contributed by atoms with E-state index in [1.54, 1.807) is 0 Å². The van der Waals surface area contributed by atoms with Crippen LogP contribution in [0.5, 0.6) is 0 Å². The highest BCUT2D eigenvalue weighted by molar-refractivity contribution is 6.18. The molecule has 0 saturated heterocycles. The fraction of sp³-hybridized carbons (Fsp3) is 0. The molecule has 0 radical (unpaired) electrons. The van der Waals surface area contributed by atoms with Gasteiger partial charge in [0.25, 0.3) is 0 Å². The molecule has 3 heteroatoms. The Kier molecular flexibility index (Phi) is 7.91. The van der Waals surface area contributed by atoms with Crippen LogP contribution in [-0.2, 0) is 0 Å². The minimum Gasteiger partial charge on any atom is -0.455 e. The lowest BCUT2D eigenvalue weighted by Crippen LogP contribution is -2.11. The number of hydrogen-bond acceptors (Lipinski definition) is 2. The van der Waals surface area contributed by atoms with Gasteiger partial charge in [0.15, 0.2) is 0 Å². The van der Waals surface area contributed by atoms with Gasteiger partial charge in [0, 0.05) is 55.1 Å². The Morgan fingerprint density at radius 1 is 0.317 bits per heavy atom. The third-order valence-corrected chi connectivity index (χ3v) is 13.0. The number of benzene rings is 11. The van der Waals surface area contributed by atoms with Gasteiger partial charge in [-0.15, -0.1) is 0 Å². The fourth-order valence-electron chi connectivity index (χ4n) is 10.0. The second kappa shape index (κ2) is 14.1. The number of fused-ring (bicyclic) bond motifs is 11. The summed E-state index contributed by atoms with van der Waals surface area (Å²) in [5, 5.41) is 11.9. The first-order chi connectivity index (χ1) is 31.2. The average molecular weight is 803 g/mol. The molecule has 0 N–H and O–H groups in total. The van der Waals surface area contributed by atoms with Crippen LogP contribution in [0.15, 0.2) is 235 Å². The summed E-state index contributed by atoms with van der Waals surface area (Å²) in [6, 6.07) is 83.5. The van der Waals surface area contributed by atoms with Crippen molar-refractivity contribution in [3.63, 3.8) is 0 Å². The normalized spacial score (nSPS) is 11.8. The van der Waals surface area contributed by atoms with Gasteiger partial charge in [-0.25, -0.2) is 0 Å². The van der Waals surface area contributed by atoms with E-state index in [2.05, 4.69) is 240 Å². The van der Waals surface area contributed by atoms with Gasteiger partial charge >= 0.3 is 0 Å². The molecule has 63 heavy (non-hydrogen) atoms. The first kappa shape index (κ1) is 35.4. The second-order valence-corrected chi connectivity index (χ2v) is 16.5. The van der Waals surface area contributed by atoms with E-state index in [0.29, 0.717) is 0 Å². The van der Waals surface area contributed by atoms with Crippen molar-refractivity contribution in [1.82, 2.24) is 4.57 Å². The van der Waals surface area contributed by atoms with Crippen molar-refractivity contribution in [1.29, 1.82) is 0 Å². The van der Waals surface area contributed by atoms with Crippen molar-refractivity contribution >= 4 is 93.1 Å². The number of anilines is 3. The van der Waals surface area contributed by atoms with Crippen LogP contribution in [0.4, 0.5) is 17.1 Å². The third kappa shape index (κ3) is 5.60. The molecule has 0 bridgehead atoms. The number of hydrogen-bond donors (Lipinski definition) is 0. The summed E-state index contributed by atoms with van der Waals surface area (Å²) in [4.78, 5) is 2.41. The molecule has 11 aromatic carbocycles. The van der Waals surface area contributed by atoms with Crippen LogP contribution in [0.1, 0.15) is 0 Å². The Labute approximate surface area is 363 Å². The van der Waals surface area contributed by atoms with Crippen LogP contribution < -0.4 is 4.90 Å². The molecular weight excluding hydrogens is 765 g/mol. The molecule has 13 aromatic rings. The first-order valence-corrected chi connectivity index (χ1v) is 21.6. The van der Waals surface area contributed by atoms with Crippen LogP contribution in [0, 0.1) is 0 Å². The molecule has 3 nitrogen and oxygen atoms in total. The van der Waals surface area contributed by atoms with Gasteiger partial charge in [0.05, 0.1) is 16.7 Å². The highest BCUT2D eigenvalue weighted by Crippen LogP contribution is 2.46. The summed E-state index contributed by atoms with van der Waals surface area (Å²) >= 11 is 0. The topological polar surface area (TPSA) is 21.3 Å². The summed E-state index contributed by atoms with van der Waals surface area (Å²) in [5.41, 5.74) is 13.0. The SMILES string of the molecule is c1cc(-c2ccc(N(c3ccc4ccc5ccccc5c4c3)c3ccccc3-c3cccc4c3oc3c5ccccc5ccc43)cc2)cc(-n2c3ccccc3c3ccccc32)c1.